The van der Waals surface area contributed by atoms with E-state index in [9.17, 15) is 9.90 Å². The molecule has 1 amide bonds. The Morgan fingerprint density at radius 1 is 1.53 bits per heavy atom. The van der Waals surface area contributed by atoms with Crippen molar-refractivity contribution in [1.29, 1.82) is 0 Å². The Labute approximate surface area is 114 Å². The first-order valence-electron chi connectivity index (χ1n) is 7.09. The van der Waals surface area contributed by atoms with Crippen LogP contribution in [0.25, 0.3) is 0 Å². The number of carbonyl (C=O) groups excluding carboxylic acids is 1. The third-order valence-corrected chi connectivity index (χ3v) is 3.76. The highest BCUT2D eigenvalue weighted by molar-refractivity contribution is 5.92. The van der Waals surface area contributed by atoms with Crippen molar-refractivity contribution < 1.29 is 9.90 Å². The van der Waals surface area contributed by atoms with Gasteiger partial charge in [-0.2, -0.15) is 5.10 Å². The summed E-state index contributed by atoms with van der Waals surface area (Å²) >= 11 is 0. The van der Waals surface area contributed by atoms with E-state index in [0.29, 0.717) is 12.2 Å². The summed E-state index contributed by atoms with van der Waals surface area (Å²) in [4.78, 5) is 12.0. The fourth-order valence-electron chi connectivity index (χ4n) is 2.49. The van der Waals surface area contributed by atoms with Crippen LogP contribution >= 0.6 is 0 Å². The Morgan fingerprint density at radius 3 is 2.89 bits per heavy atom. The standard InChI is InChI=1S/C14H23N3O2/c1-10(2)17-8-7-12(16-17)14(19)15-9-11-5-3-4-6-13(11)18/h7-8,10-11,13,18H,3-6,9H2,1-2H3,(H,15,19)/t11-,13+/m0/s1. The minimum Gasteiger partial charge on any atom is -0.393 e. The number of nitrogens with zero attached hydrogens (tertiary/aromatic N) is 2. The molecule has 1 heterocycles. The summed E-state index contributed by atoms with van der Waals surface area (Å²) in [5, 5.41) is 17.0. The first-order chi connectivity index (χ1) is 9.08. The van der Waals surface area contributed by atoms with Gasteiger partial charge in [0.05, 0.1) is 6.10 Å². The van der Waals surface area contributed by atoms with E-state index in [-0.39, 0.29) is 24.0 Å². The molecule has 0 saturated heterocycles. The maximum atomic E-state index is 12.0. The van der Waals surface area contributed by atoms with Gasteiger partial charge >= 0.3 is 0 Å². The molecule has 1 aliphatic rings. The number of amides is 1. The Balaban J connectivity index is 1.86. The molecule has 1 fully saturated rings. The van der Waals surface area contributed by atoms with Gasteiger partial charge in [0, 0.05) is 24.7 Å². The van der Waals surface area contributed by atoms with Crippen molar-refractivity contribution >= 4 is 5.91 Å². The first kappa shape index (κ1) is 14.1. The van der Waals surface area contributed by atoms with Gasteiger partial charge in [0.15, 0.2) is 0 Å². The monoisotopic (exact) mass is 265 g/mol. The van der Waals surface area contributed by atoms with Crippen molar-refractivity contribution in [2.45, 2.75) is 51.7 Å². The molecule has 0 aliphatic heterocycles. The molecule has 0 radical (unpaired) electrons. The lowest BCUT2D eigenvalue weighted by molar-refractivity contribution is 0.0661. The fraction of sp³-hybridized carbons (Fsp3) is 0.714. The molecule has 1 aliphatic carbocycles. The summed E-state index contributed by atoms with van der Waals surface area (Å²) in [7, 11) is 0. The van der Waals surface area contributed by atoms with Crippen molar-refractivity contribution in [2.24, 2.45) is 5.92 Å². The van der Waals surface area contributed by atoms with Gasteiger partial charge in [-0.3, -0.25) is 9.48 Å². The van der Waals surface area contributed by atoms with E-state index in [4.69, 9.17) is 0 Å². The third kappa shape index (κ3) is 3.56. The molecule has 2 atom stereocenters. The van der Waals surface area contributed by atoms with Gasteiger partial charge in [-0.1, -0.05) is 12.8 Å². The molecule has 0 spiro atoms. The zero-order valence-corrected chi connectivity index (χ0v) is 11.7. The number of aliphatic hydroxyl groups is 1. The van der Waals surface area contributed by atoms with Crippen LogP contribution in [-0.2, 0) is 0 Å². The van der Waals surface area contributed by atoms with Crippen LogP contribution in [-0.4, -0.2) is 33.4 Å². The predicted octanol–water partition coefficient (Wildman–Crippen LogP) is 1.74. The molecule has 1 aromatic heterocycles. The van der Waals surface area contributed by atoms with E-state index < -0.39 is 0 Å². The van der Waals surface area contributed by atoms with Crippen LogP contribution in [0.15, 0.2) is 12.3 Å². The maximum Gasteiger partial charge on any atom is 0.271 e. The van der Waals surface area contributed by atoms with Gasteiger partial charge in [0.1, 0.15) is 5.69 Å². The Hall–Kier alpha value is -1.36. The molecule has 2 rings (SSSR count). The highest BCUT2D eigenvalue weighted by Crippen LogP contribution is 2.23. The molecule has 106 valence electrons. The van der Waals surface area contributed by atoms with Gasteiger partial charge in [-0.15, -0.1) is 0 Å². The van der Waals surface area contributed by atoms with Crippen LogP contribution in [0.2, 0.25) is 0 Å². The molecule has 2 N–H and O–H groups in total. The summed E-state index contributed by atoms with van der Waals surface area (Å²) in [6, 6.07) is 1.98. The first-order valence-corrected chi connectivity index (χ1v) is 7.09. The Kier molecular flexibility index (Phi) is 4.58. The zero-order valence-electron chi connectivity index (χ0n) is 11.7. The second-order valence-electron chi connectivity index (χ2n) is 5.60. The topological polar surface area (TPSA) is 67.2 Å². The summed E-state index contributed by atoms with van der Waals surface area (Å²) in [6.07, 6.45) is 5.60. The highest BCUT2D eigenvalue weighted by atomic mass is 16.3. The molecular weight excluding hydrogens is 242 g/mol. The molecule has 1 saturated carbocycles. The minimum absolute atomic E-state index is 0.155. The zero-order chi connectivity index (χ0) is 13.8. The van der Waals surface area contributed by atoms with E-state index in [0.717, 1.165) is 25.7 Å². The van der Waals surface area contributed by atoms with E-state index >= 15 is 0 Å². The Morgan fingerprint density at radius 2 is 2.26 bits per heavy atom. The van der Waals surface area contributed by atoms with Gasteiger partial charge in [-0.05, 0) is 32.8 Å². The van der Waals surface area contributed by atoms with Crippen molar-refractivity contribution in [3.63, 3.8) is 0 Å². The molecule has 1 aromatic rings. The van der Waals surface area contributed by atoms with Crippen LogP contribution in [0.5, 0.6) is 0 Å². The fourth-order valence-corrected chi connectivity index (χ4v) is 2.49. The smallest absolute Gasteiger partial charge is 0.271 e. The average Bonchev–Trinajstić information content (AvgIpc) is 2.87. The minimum atomic E-state index is -0.276. The molecule has 0 aromatic carbocycles. The summed E-state index contributed by atoms with van der Waals surface area (Å²) < 4.78 is 1.77. The van der Waals surface area contributed by atoms with E-state index in [1.807, 2.05) is 20.0 Å². The Bertz CT molecular complexity index is 428. The van der Waals surface area contributed by atoms with Gasteiger partial charge < -0.3 is 10.4 Å². The number of rotatable bonds is 4. The van der Waals surface area contributed by atoms with Gasteiger partial charge in [-0.25, -0.2) is 0 Å². The van der Waals surface area contributed by atoms with Gasteiger partial charge in [0.25, 0.3) is 5.91 Å². The molecule has 0 bridgehead atoms. The second-order valence-corrected chi connectivity index (χ2v) is 5.60. The number of carbonyl (C=O) groups is 1. The summed E-state index contributed by atoms with van der Waals surface area (Å²) in [5.41, 5.74) is 0.444. The van der Waals surface area contributed by atoms with Gasteiger partial charge in [0.2, 0.25) is 0 Å². The van der Waals surface area contributed by atoms with Crippen molar-refractivity contribution in [1.82, 2.24) is 15.1 Å². The normalized spacial score (nSPS) is 23.6. The summed E-state index contributed by atoms with van der Waals surface area (Å²) in [5.74, 6) is 0.0297. The molecule has 5 heteroatoms. The van der Waals surface area contributed by atoms with Crippen LogP contribution in [0, 0.1) is 5.92 Å². The van der Waals surface area contributed by atoms with E-state index in [1.54, 1.807) is 10.7 Å². The highest BCUT2D eigenvalue weighted by Gasteiger charge is 2.23. The van der Waals surface area contributed by atoms with Crippen molar-refractivity contribution in [3.8, 4) is 0 Å². The SMILES string of the molecule is CC(C)n1ccc(C(=O)NC[C@@H]2CCCC[C@H]2O)n1. The molecular formula is C14H23N3O2. The average molecular weight is 265 g/mol. The lowest BCUT2D eigenvalue weighted by Gasteiger charge is -2.27. The second kappa shape index (κ2) is 6.19. The molecule has 19 heavy (non-hydrogen) atoms. The van der Waals surface area contributed by atoms with E-state index in [2.05, 4.69) is 10.4 Å². The lowest BCUT2D eigenvalue weighted by Crippen LogP contribution is -2.36. The predicted molar refractivity (Wildman–Crippen MR) is 72.9 cm³/mol. The number of hydrogen-bond donors (Lipinski definition) is 2. The van der Waals surface area contributed by atoms with Crippen LogP contribution in [0.1, 0.15) is 56.1 Å². The van der Waals surface area contributed by atoms with Crippen molar-refractivity contribution in [3.05, 3.63) is 18.0 Å². The maximum absolute atomic E-state index is 12.0. The number of hydrogen-bond acceptors (Lipinski definition) is 3. The quantitative estimate of drug-likeness (QED) is 0.871. The largest absolute Gasteiger partial charge is 0.393 e. The third-order valence-electron chi connectivity index (χ3n) is 3.76. The number of aromatic nitrogens is 2. The summed E-state index contributed by atoms with van der Waals surface area (Å²) in [6.45, 7) is 4.58. The molecule has 0 unspecified atom stereocenters. The van der Waals surface area contributed by atoms with E-state index in [1.165, 1.54) is 0 Å². The van der Waals surface area contributed by atoms with Crippen LogP contribution < -0.4 is 5.32 Å². The number of nitrogens with one attached hydrogen (secondary N) is 1. The molecule has 5 nitrogen and oxygen atoms in total. The number of aliphatic hydroxyl groups excluding tert-OH is 1. The lowest BCUT2D eigenvalue weighted by atomic mass is 9.86. The van der Waals surface area contributed by atoms with Crippen LogP contribution in [0.3, 0.4) is 0 Å². The van der Waals surface area contributed by atoms with Crippen molar-refractivity contribution in [2.75, 3.05) is 6.54 Å². The van der Waals surface area contributed by atoms with Crippen LogP contribution in [0.4, 0.5) is 0 Å².